The maximum Gasteiger partial charge on any atom is 0.305 e. The maximum atomic E-state index is 12.1. The van der Waals surface area contributed by atoms with Gasteiger partial charge in [0.1, 0.15) is 5.69 Å². The Balaban J connectivity index is 2.79. The molecular formula is C13H19N3O4S. The number of carbonyl (C=O) groups excluding carboxylic acids is 2. The van der Waals surface area contributed by atoms with Crippen LogP contribution in [0.3, 0.4) is 0 Å². The van der Waals surface area contributed by atoms with Crippen LogP contribution in [0.5, 0.6) is 0 Å². The van der Waals surface area contributed by atoms with Gasteiger partial charge in [-0.05, 0) is 5.41 Å². The Bertz CT molecular complexity index is 548. The van der Waals surface area contributed by atoms with Gasteiger partial charge in [-0.2, -0.15) is 0 Å². The molecule has 0 saturated heterocycles. The van der Waals surface area contributed by atoms with Crippen LogP contribution in [-0.2, 0) is 9.59 Å². The Hall–Kier alpha value is -1.96. The number of hydrogen-bond acceptors (Lipinski definition) is 5. The summed E-state index contributed by atoms with van der Waals surface area (Å²) in [6.07, 6.45) is -0.169. The molecular weight excluding hydrogens is 294 g/mol. The minimum Gasteiger partial charge on any atom is -0.481 e. The Labute approximate surface area is 126 Å². The number of amides is 2. The number of nitrogens with one attached hydrogen (secondary N) is 2. The molecule has 3 N–H and O–H groups in total. The lowest BCUT2D eigenvalue weighted by atomic mass is 9.84. The molecule has 1 aromatic rings. The van der Waals surface area contributed by atoms with Crippen molar-refractivity contribution in [1.82, 2.24) is 10.3 Å². The zero-order chi connectivity index (χ0) is 16.2. The number of hydrogen-bond donors (Lipinski definition) is 3. The average Bonchev–Trinajstić information content (AvgIpc) is 2.73. The molecule has 0 aliphatic rings. The SMILES string of the molecule is CC(=O)Nc1nc(C(=O)NC(CC(=O)O)C(C)(C)C)cs1. The summed E-state index contributed by atoms with van der Waals surface area (Å²) in [6.45, 7) is 6.91. The minimum absolute atomic E-state index is 0.156. The number of aliphatic carboxylic acids is 1. The third-order valence-electron chi connectivity index (χ3n) is 2.75. The number of anilines is 1. The average molecular weight is 313 g/mol. The summed E-state index contributed by atoms with van der Waals surface area (Å²) in [7, 11) is 0. The molecule has 21 heavy (non-hydrogen) atoms. The van der Waals surface area contributed by atoms with E-state index in [-0.39, 0.29) is 18.0 Å². The van der Waals surface area contributed by atoms with Crippen molar-refractivity contribution >= 4 is 34.3 Å². The van der Waals surface area contributed by atoms with E-state index in [1.165, 1.54) is 12.3 Å². The molecule has 0 radical (unpaired) electrons. The fourth-order valence-corrected chi connectivity index (χ4v) is 2.30. The van der Waals surface area contributed by atoms with E-state index in [1.807, 2.05) is 20.8 Å². The molecule has 7 nitrogen and oxygen atoms in total. The Kier molecular flexibility index (Phi) is 5.42. The van der Waals surface area contributed by atoms with Crippen molar-refractivity contribution in [2.45, 2.75) is 40.2 Å². The van der Waals surface area contributed by atoms with Crippen LogP contribution in [-0.4, -0.2) is 33.9 Å². The molecule has 0 bridgehead atoms. The van der Waals surface area contributed by atoms with Crippen LogP contribution in [0, 0.1) is 5.41 Å². The zero-order valence-corrected chi connectivity index (χ0v) is 13.2. The fourth-order valence-electron chi connectivity index (χ4n) is 1.57. The first-order valence-corrected chi connectivity index (χ1v) is 7.23. The standard InChI is InChI=1S/C13H19N3O4S/c1-7(17)14-12-15-8(6-21-12)11(20)16-9(5-10(18)19)13(2,3)4/h6,9H,5H2,1-4H3,(H,16,20)(H,18,19)(H,14,15,17). The van der Waals surface area contributed by atoms with Crippen molar-refractivity contribution in [3.8, 4) is 0 Å². The van der Waals surface area contributed by atoms with Crippen molar-refractivity contribution in [1.29, 1.82) is 0 Å². The lowest BCUT2D eigenvalue weighted by molar-refractivity contribution is -0.138. The summed E-state index contributed by atoms with van der Waals surface area (Å²) in [4.78, 5) is 37.9. The van der Waals surface area contributed by atoms with Gasteiger partial charge in [-0.15, -0.1) is 11.3 Å². The molecule has 2 amide bonds. The molecule has 0 aliphatic carbocycles. The number of carboxylic acid groups (broad SMARTS) is 1. The number of thiazole rings is 1. The molecule has 8 heteroatoms. The predicted molar refractivity (Wildman–Crippen MR) is 79.4 cm³/mol. The molecule has 0 fully saturated rings. The number of carboxylic acids is 1. The van der Waals surface area contributed by atoms with E-state index < -0.39 is 23.3 Å². The lowest BCUT2D eigenvalue weighted by Gasteiger charge is -2.30. The first-order chi connectivity index (χ1) is 9.59. The third kappa shape index (κ3) is 5.50. The van der Waals surface area contributed by atoms with Gasteiger partial charge in [0.25, 0.3) is 5.91 Å². The summed E-state index contributed by atoms with van der Waals surface area (Å²) in [5.41, 5.74) is -0.242. The first-order valence-electron chi connectivity index (χ1n) is 6.35. The van der Waals surface area contributed by atoms with Gasteiger partial charge in [-0.25, -0.2) is 4.98 Å². The Morgan fingerprint density at radius 1 is 1.38 bits per heavy atom. The summed E-state index contributed by atoms with van der Waals surface area (Å²) in [5, 5.41) is 15.9. The second kappa shape index (κ2) is 6.66. The van der Waals surface area contributed by atoms with Crippen LogP contribution < -0.4 is 10.6 Å². The van der Waals surface area contributed by atoms with Gasteiger partial charge in [0, 0.05) is 18.3 Å². The van der Waals surface area contributed by atoms with Gasteiger partial charge >= 0.3 is 5.97 Å². The molecule has 1 atom stereocenters. The number of nitrogens with zero attached hydrogens (tertiary/aromatic N) is 1. The van der Waals surface area contributed by atoms with E-state index in [9.17, 15) is 14.4 Å². The Morgan fingerprint density at radius 3 is 2.48 bits per heavy atom. The van der Waals surface area contributed by atoms with Gasteiger partial charge in [-0.3, -0.25) is 14.4 Å². The highest BCUT2D eigenvalue weighted by Gasteiger charge is 2.29. The van der Waals surface area contributed by atoms with Crippen molar-refractivity contribution < 1.29 is 19.5 Å². The second-order valence-corrected chi connectivity index (χ2v) is 6.57. The quantitative estimate of drug-likeness (QED) is 0.767. The fraction of sp³-hybridized carbons (Fsp3) is 0.538. The smallest absolute Gasteiger partial charge is 0.305 e. The number of carbonyl (C=O) groups is 3. The van der Waals surface area contributed by atoms with E-state index in [0.717, 1.165) is 11.3 Å². The van der Waals surface area contributed by atoms with Gasteiger partial charge in [0.15, 0.2) is 5.13 Å². The highest BCUT2D eigenvalue weighted by atomic mass is 32.1. The van der Waals surface area contributed by atoms with Crippen molar-refractivity contribution in [2.24, 2.45) is 5.41 Å². The third-order valence-corrected chi connectivity index (χ3v) is 3.51. The molecule has 116 valence electrons. The largest absolute Gasteiger partial charge is 0.481 e. The van der Waals surface area contributed by atoms with Crippen LogP contribution in [0.1, 0.15) is 44.6 Å². The van der Waals surface area contributed by atoms with Crippen LogP contribution in [0.25, 0.3) is 0 Å². The van der Waals surface area contributed by atoms with Crippen LogP contribution in [0.15, 0.2) is 5.38 Å². The summed E-state index contributed by atoms with van der Waals surface area (Å²) >= 11 is 1.13. The number of aromatic nitrogens is 1. The predicted octanol–water partition coefficient (Wildman–Crippen LogP) is 1.72. The molecule has 1 heterocycles. The molecule has 0 spiro atoms. The Morgan fingerprint density at radius 2 is 2.00 bits per heavy atom. The topological polar surface area (TPSA) is 108 Å². The van der Waals surface area contributed by atoms with Crippen molar-refractivity contribution in [3.05, 3.63) is 11.1 Å². The number of rotatable bonds is 5. The molecule has 0 saturated carbocycles. The maximum absolute atomic E-state index is 12.1. The molecule has 0 aliphatic heterocycles. The normalized spacial score (nSPS) is 12.6. The highest BCUT2D eigenvalue weighted by molar-refractivity contribution is 7.14. The first kappa shape index (κ1) is 17.1. The van der Waals surface area contributed by atoms with Gasteiger partial charge < -0.3 is 15.7 Å². The van der Waals surface area contributed by atoms with Crippen LogP contribution in [0.4, 0.5) is 5.13 Å². The van der Waals surface area contributed by atoms with Gasteiger partial charge in [-0.1, -0.05) is 20.8 Å². The zero-order valence-electron chi connectivity index (χ0n) is 12.4. The summed E-state index contributed by atoms with van der Waals surface area (Å²) in [6, 6.07) is -0.520. The lowest BCUT2D eigenvalue weighted by Crippen LogP contribution is -2.45. The molecule has 1 aromatic heterocycles. The van der Waals surface area contributed by atoms with Crippen molar-refractivity contribution in [2.75, 3.05) is 5.32 Å². The van der Waals surface area contributed by atoms with E-state index in [1.54, 1.807) is 0 Å². The molecule has 0 aromatic carbocycles. The summed E-state index contributed by atoms with van der Waals surface area (Å²) in [5.74, 6) is -1.70. The van der Waals surface area contributed by atoms with Gasteiger partial charge in [0.05, 0.1) is 6.42 Å². The summed E-state index contributed by atoms with van der Waals surface area (Å²) < 4.78 is 0. The van der Waals surface area contributed by atoms with Crippen LogP contribution >= 0.6 is 11.3 Å². The molecule has 1 unspecified atom stereocenters. The van der Waals surface area contributed by atoms with Crippen LogP contribution in [0.2, 0.25) is 0 Å². The van der Waals surface area contributed by atoms with E-state index in [4.69, 9.17) is 5.11 Å². The van der Waals surface area contributed by atoms with E-state index >= 15 is 0 Å². The minimum atomic E-state index is -0.979. The van der Waals surface area contributed by atoms with E-state index in [0.29, 0.717) is 5.13 Å². The highest BCUT2D eigenvalue weighted by Crippen LogP contribution is 2.23. The van der Waals surface area contributed by atoms with E-state index in [2.05, 4.69) is 15.6 Å². The van der Waals surface area contributed by atoms with Gasteiger partial charge in [0.2, 0.25) is 5.91 Å². The monoisotopic (exact) mass is 313 g/mol. The van der Waals surface area contributed by atoms with Crippen molar-refractivity contribution in [3.63, 3.8) is 0 Å². The molecule has 1 rings (SSSR count). The second-order valence-electron chi connectivity index (χ2n) is 5.71.